The highest BCUT2D eigenvalue weighted by Crippen LogP contribution is 2.26. The normalized spacial score (nSPS) is 21.7. The van der Waals surface area contributed by atoms with Crippen LogP contribution in [0.2, 0.25) is 0 Å². The number of rotatable bonds is 4. The molecule has 102 valence electrons. The monoisotopic (exact) mass is 270 g/mol. The number of hydrogen-bond donors (Lipinski definition) is 1. The number of thiazole rings is 1. The van der Waals surface area contributed by atoms with Gasteiger partial charge in [-0.1, -0.05) is 11.3 Å². The Morgan fingerprint density at radius 3 is 2.78 bits per heavy atom. The van der Waals surface area contributed by atoms with E-state index in [0.29, 0.717) is 0 Å². The molecule has 2 rings (SSSR count). The standard InChI is InChI=1S/C13H22N2O2S/c1-10-9-18-12(16)15(10)8-7-14-6-4-5-11(14)13(2,3)17/h9,11,17H,4-8H2,1-3H3. The van der Waals surface area contributed by atoms with Crippen molar-refractivity contribution in [2.45, 2.75) is 51.8 Å². The van der Waals surface area contributed by atoms with Gasteiger partial charge in [0.15, 0.2) is 0 Å². The van der Waals surface area contributed by atoms with Crippen LogP contribution in [-0.4, -0.2) is 39.3 Å². The molecule has 4 nitrogen and oxygen atoms in total. The zero-order valence-corrected chi connectivity index (χ0v) is 12.2. The van der Waals surface area contributed by atoms with Gasteiger partial charge < -0.3 is 9.67 Å². The fraction of sp³-hybridized carbons (Fsp3) is 0.769. The highest BCUT2D eigenvalue weighted by atomic mass is 32.1. The lowest BCUT2D eigenvalue weighted by molar-refractivity contribution is -0.00331. The number of aromatic nitrogens is 1. The largest absolute Gasteiger partial charge is 0.389 e. The molecule has 0 bridgehead atoms. The molecule has 1 aliphatic heterocycles. The van der Waals surface area contributed by atoms with E-state index in [1.165, 1.54) is 11.3 Å². The van der Waals surface area contributed by atoms with Gasteiger partial charge in [-0.25, -0.2) is 0 Å². The second-order valence-electron chi connectivity index (χ2n) is 5.64. The van der Waals surface area contributed by atoms with Gasteiger partial charge in [-0.3, -0.25) is 9.69 Å². The second-order valence-corrected chi connectivity index (χ2v) is 6.46. The first-order chi connectivity index (χ1) is 8.39. The first kappa shape index (κ1) is 13.8. The molecular formula is C13H22N2O2S. The molecular weight excluding hydrogens is 248 g/mol. The molecule has 0 saturated carbocycles. The van der Waals surface area contributed by atoms with Gasteiger partial charge in [0.2, 0.25) is 0 Å². The number of hydrogen-bond acceptors (Lipinski definition) is 4. The molecule has 1 aromatic heterocycles. The summed E-state index contributed by atoms with van der Waals surface area (Å²) in [5, 5.41) is 12.0. The maximum Gasteiger partial charge on any atom is 0.307 e. The van der Waals surface area contributed by atoms with E-state index in [1.54, 1.807) is 0 Å². The van der Waals surface area contributed by atoms with Crippen molar-refractivity contribution in [3.05, 3.63) is 20.7 Å². The first-order valence-corrected chi connectivity index (χ1v) is 7.39. The fourth-order valence-corrected chi connectivity index (χ4v) is 3.56. The predicted molar refractivity (Wildman–Crippen MR) is 74.2 cm³/mol. The van der Waals surface area contributed by atoms with Crippen LogP contribution in [0.15, 0.2) is 10.2 Å². The Balaban J connectivity index is 2.00. The fourth-order valence-electron chi connectivity index (χ4n) is 2.80. The van der Waals surface area contributed by atoms with Gasteiger partial charge in [-0.05, 0) is 40.2 Å². The maximum atomic E-state index is 11.6. The summed E-state index contributed by atoms with van der Waals surface area (Å²) in [5.41, 5.74) is 0.370. The van der Waals surface area contributed by atoms with Crippen LogP contribution >= 0.6 is 11.3 Å². The van der Waals surface area contributed by atoms with E-state index in [4.69, 9.17) is 0 Å². The first-order valence-electron chi connectivity index (χ1n) is 6.51. The minimum absolute atomic E-state index is 0.117. The average Bonchev–Trinajstić information content (AvgIpc) is 2.84. The lowest BCUT2D eigenvalue weighted by Crippen LogP contribution is -2.46. The van der Waals surface area contributed by atoms with Crippen molar-refractivity contribution in [2.75, 3.05) is 13.1 Å². The summed E-state index contributed by atoms with van der Waals surface area (Å²) in [6.07, 6.45) is 2.17. The Labute approximate surface area is 112 Å². The van der Waals surface area contributed by atoms with Gasteiger partial charge in [-0.2, -0.15) is 0 Å². The lowest BCUT2D eigenvalue weighted by atomic mass is 9.97. The smallest absolute Gasteiger partial charge is 0.307 e. The third-order valence-corrected chi connectivity index (χ3v) is 4.65. The maximum absolute atomic E-state index is 11.6. The molecule has 1 unspecified atom stereocenters. The zero-order chi connectivity index (χ0) is 13.3. The average molecular weight is 270 g/mol. The van der Waals surface area contributed by atoms with E-state index < -0.39 is 5.60 Å². The Kier molecular flexibility index (Phi) is 3.94. The summed E-state index contributed by atoms with van der Waals surface area (Å²) in [5.74, 6) is 0. The molecule has 0 aliphatic carbocycles. The van der Waals surface area contributed by atoms with Crippen molar-refractivity contribution < 1.29 is 5.11 Å². The third-order valence-electron chi connectivity index (χ3n) is 3.77. The lowest BCUT2D eigenvalue weighted by Gasteiger charge is -2.33. The zero-order valence-electron chi connectivity index (χ0n) is 11.3. The van der Waals surface area contributed by atoms with Gasteiger partial charge in [-0.15, -0.1) is 0 Å². The predicted octanol–water partition coefficient (Wildman–Crippen LogP) is 1.45. The van der Waals surface area contributed by atoms with Crippen LogP contribution in [0, 0.1) is 6.92 Å². The quantitative estimate of drug-likeness (QED) is 0.901. The number of nitrogens with zero attached hydrogens (tertiary/aromatic N) is 2. The third kappa shape index (κ3) is 2.84. The molecule has 1 aromatic rings. The molecule has 0 amide bonds. The minimum atomic E-state index is -0.662. The Hall–Kier alpha value is -0.650. The molecule has 18 heavy (non-hydrogen) atoms. The van der Waals surface area contributed by atoms with Gasteiger partial charge >= 0.3 is 4.87 Å². The van der Waals surface area contributed by atoms with Gasteiger partial charge in [0.05, 0.1) is 5.60 Å². The van der Waals surface area contributed by atoms with Crippen LogP contribution in [0.5, 0.6) is 0 Å². The second kappa shape index (κ2) is 5.15. The van der Waals surface area contributed by atoms with Crippen LogP contribution in [0.4, 0.5) is 0 Å². The van der Waals surface area contributed by atoms with Crippen LogP contribution < -0.4 is 4.87 Å². The van der Waals surface area contributed by atoms with E-state index in [1.807, 2.05) is 30.7 Å². The molecule has 0 radical (unpaired) electrons. The highest BCUT2D eigenvalue weighted by molar-refractivity contribution is 7.07. The Bertz CT molecular complexity index is 458. The summed E-state index contributed by atoms with van der Waals surface area (Å²) in [6, 6.07) is 0.215. The molecule has 5 heteroatoms. The van der Waals surface area contributed by atoms with E-state index in [9.17, 15) is 9.90 Å². The Morgan fingerprint density at radius 1 is 1.50 bits per heavy atom. The van der Waals surface area contributed by atoms with Gasteiger partial charge in [0.25, 0.3) is 0 Å². The van der Waals surface area contributed by atoms with E-state index in [0.717, 1.165) is 38.2 Å². The summed E-state index contributed by atoms with van der Waals surface area (Å²) in [6.45, 7) is 8.30. The molecule has 0 spiro atoms. The molecule has 0 aromatic carbocycles. The SMILES string of the molecule is Cc1csc(=O)n1CCN1CCCC1C(C)(C)O. The number of likely N-dealkylation sites (tertiary alicyclic amines) is 1. The number of aryl methyl sites for hydroxylation is 1. The minimum Gasteiger partial charge on any atom is -0.389 e. The summed E-state index contributed by atoms with van der Waals surface area (Å²) < 4.78 is 1.82. The highest BCUT2D eigenvalue weighted by Gasteiger charge is 2.35. The molecule has 1 fully saturated rings. The van der Waals surface area contributed by atoms with Gasteiger partial charge in [0.1, 0.15) is 0 Å². The van der Waals surface area contributed by atoms with Crippen molar-refractivity contribution in [3.8, 4) is 0 Å². The molecule has 1 N–H and O–H groups in total. The molecule has 1 saturated heterocycles. The van der Waals surface area contributed by atoms with Crippen LogP contribution in [0.1, 0.15) is 32.4 Å². The summed E-state index contributed by atoms with van der Waals surface area (Å²) in [7, 11) is 0. The number of aliphatic hydroxyl groups is 1. The summed E-state index contributed by atoms with van der Waals surface area (Å²) >= 11 is 1.26. The molecule has 2 heterocycles. The van der Waals surface area contributed by atoms with E-state index in [2.05, 4.69) is 4.90 Å². The van der Waals surface area contributed by atoms with Crippen molar-refractivity contribution in [1.29, 1.82) is 0 Å². The van der Waals surface area contributed by atoms with Crippen LogP contribution in [0.25, 0.3) is 0 Å². The summed E-state index contributed by atoms with van der Waals surface area (Å²) in [4.78, 5) is 14.1. The molecule has 1 atom stereocenters. The van der Waals surface area contributed by atoms with E-state index >= 15 is 0 Å². The van der Waals surface area contributed by atoms with Crippen LogP contribution in [-0.2, 0) is 6.54 Å². The van der Waals surface area contributed by atoms with Crippen molar-refractivity contribution in [1.82, 2.24) is 9.47 Å². The van der Waals surface area contributed by atoms with Crippen molar-refractivity contribution in [2.24, 2.45) is 0 Å². The topological polar surface area (TPSA) is 45.5 Å². The molecule has 1 aliphatic rings. The van der Waals surface area contributed by atoms with E-state index in [-0.39, 0.29) is 10.9 Å². The van der Waals surface area contributed by atoms with Crippen molar-refractivity contribution >= 4 is 11.3 Å². The van der Waals surface area contributed by atoms with Crippen LogP contribution in [0.3, 0.4) is 0 Å². The van der Waals surface area contributed by atoms with Gasteiger partial charge in [0, 0.05) is 30.2 Å². The van der Waals surface area contributed by atoms with Crippen molar-refractivity contribution in [3.63, 3.8) is 0 Å². The Morgan fingerprint density at radius 2 is 2.22 bits per heavy atom.